The van der Waals surface area contributed by atoms with Crippen LogP contribution in [0.1, 0.15) is 11.3 Å². The second kappa shape index (κ2) is 5.54. The van der Waals surface area contributed by atoms with E-state index < -0.39 is 0 Å². The fourth-order valence-electron chi connectivity index (χ4n) is 2.28. The molecule has 0 unspecified atom stereocenters. The van der Waals surface area contributed by atoms with Crippen molar-refractivity contribution in [2.45, 2.75) is 13.5 Å². The van der Waals surface area contributed by atoms with E-state index in [1.807, 2.05) is 32.3 Å². The zero-order chi connectivity index (χ0) is 15.0. The summed E-state index contributed by atoms with van der Waals surface area (Å²) in [7, 11) is 1.90. The van der Waals surface area contributed by atoms with Gasteiger partial charge in [-0.2, -0.15) is 5.10 Å². The summed E-state index contributed by atoms with van der Waals surface area (Å²) in [4.78, 5) is 4.46. The van der Waals surface area contributed by atoms with Crippen molar-refractivity contribution in [3.8, 4) is 0 Å². The molecule has 0 radical (unpaired) electrons. The minimum Gasteiger partial charge on any atom is -0.380 e. The van der Waals surface area contributed by atoms with Crippen LogP contribution in [0.3, 0.4) is 0 Å². The normalized spacial score (nSPS) is 11.0. The zero-order valence-corrected chi connectivity index (χ0v) is 13.2. The molecule has 1 N–H and O–H groups in total. The summed E-state index contributed by atoms with van der Waals surface area (Å²) in [6.07, 6.45) is 1.85. The van der Waals surface area contributed by atoms with Crippen LogP contribution in [0, 0.1) is 6.92 Å². The lowest BCUT2D eigenvalue weighted by atomic mass is 10.2. The van der Waals surface area contributed by atoms with E-state index in [1.165, 1.54) is 0 Å². The average Bonchev–Trinajstić information content (AvgIpc) is 2.73. The van der Waals surface area contributed by atoms with E-state index in [0.29, 0.717) is 16.6 Å². The number of hydrogen-bond acceptors (Lipinski definition) is 3. The SMILES string of the molecule is Cc1nn(C)c2ncc(CNc3ccc(Cl)cc3Cl)cc12. The Balaban J connectivity index is 1.83. The smallest absolute Gasteiger partial charge is 0.157 e. The Bertz CT molecular complexity index is 811. The van der Waals surface area contributed by atoms with Crippen LogP contribution < -0.4 is 5.32 Å². The van der Waals surface area contributed by atoms with Gasteiger partial charge >= 0.3 is 0 Å². The molecule has 0 fully saturated rings. The Morgan fingerprint density at radius 1 is 1.24 bits per heavy atom. The van der Waals surface area contributed by atoms with Gasteiger partial charge in [-0.05, 0) is 36.8 Å². The van der Waals surface area contributed by atoms with E-state index in [4.69, 9.17) is 23.2 Å². The van der Waals surface area contributed by atoms with Crippen molar-refractivity contribution >= 4 is 39.9 Å². The molecule has 0 aliphatic rings. The molecule has 0 atom stereocenters. The maximum atomic E-state index is 6.14. The van der Waals surface area contributed by atoms with Gasteiger partial charge in [-0.15, -0.1) is 0 Å². The van der Waals surface area contributed by atoms with E-state index in [1.54, 1.807) is 10.7 Å². The third-order valence-electron chi connectivity index (χ3n) is 3.33. The Morgan fingerprint density at radius 2 is 2.05 bits per heavy atom. The number of nitrogens with zero attached hydrogens (tertiary/aromatic N) is 3. The number of rotatable bonds is 3. The van der Waals surface area contributed by atoms with Crippen molar-refractivity contribution in [1.82, 2.24) is 14.8 Å². The molecule has 0 saturated heterocycles. The summed E-state index contributed by atoms with van der Waals surface area (Å²) < 4.78 is 1.79. The molecule has 3 aromatic rings. The third-order valence-corrected chi connectivity index (χ3v) is 3.88. The summed E-state index contributed by atoms with van der Waals surface area (Å²) in [5.74, 6) is 0. The van der Waals surface area contributed by atoms with Crippen LogP contribution >= 0.6 is 23.2 Å². The van der Waals surface area contributed by atoms with Crippen LogP contribution in [-0.4, -0.2) is 14.8 Å². The van der Waals surface area contributed by atoms with E-state index in [0.717, 1.165) is 28.0 Å². The predicted octanol–water partition coefficient (Wildman–Crippen LogP) is 4.20. The van der Waals surface area contributed by atoms with Gasteiger partial charge in [-0.1, -0.05) is 23.2 Å². The summed E-state index contributed by atoms with van der Waals surface area (Å²) in [5, 5.41) is 9.96. The zero-order valence-electron chi connectivity index (χ0n) is 11.7. The highest BCUT2D eigenvalue weighted by atomic mass is 35.5. The first-order chi connectivity index (χ1) is 10.0. The van der Waals surface area contributed by atoms with Crippen molar-refractivity contribution in [2.24, 2.45) is 7.05 Å². The van der Waals surface area contributed by atoms with Gasteiger partial charge < -0.3 is 5.32 Å². The number of hydrogen-bond donors (Lipinski definition) is 1. The van der Waals surface area contributed by atoms with Gasteiger partial charge in [0.1, 0.15) is 0 Å². The van der Waals surface area contributed by atoms with Gasteiger partial charge in [0.05, 0.1) is 16.4 Å². The average molecular weight is 321 g/mol. The van der Waals surface area contributed by atoms with Gasteiger partial charge in [0.25, 0.3) is 0 Å². The van der Waals surface area contributed by atoms with Crippen LogP contribution in [0.25, 0.3) is 11.0 Å². The highest BCUT2D eigenvalue weighted by Gasteiger charge is 2.07. The first kappa shape index (κ1) is 14.2. The highest BCUT2D eigenvalue weighted by molar-refractivity contribution is 6.36. The standard InChI is InChI=1S/C15H14Cl2N4/c1-9-12-5-10(8-19-15(12)21(2)20-9)7-18-14-4-3-11(16)6-13(14)17/h3-6,8,18H,7H2,1-2H3. The van der Waals surface area contributed by atoms with E-state index >= 15 is 0 Å². The number of benzene rings is 1. The first-order valence-corrected chi connectivity index (χ1v) is 7.27. The molecule has 0 spiro atoms. The number of aryl methyl sites for hydroxylation is 2. The second-order valence-electron chi connectivity index (χ2n) is 4.90. The molecular formula is C15H14Cl2N4. The topological polar surface area (TPSA) is 42.7 Å². The van der Waals surface area contributed by atoms with Crippen molar-refractivity contribution < 1.29 is 0 Å². The minimum atomic E-state index is 0.606. The molecule has 4 nitrogen and oxygen atoms in total. The van der Waals surface area contributed by atoms with Crippen molar-refractivity contribution in [1.29, 1.82) is 0 Å². The summed E-state index contributed by atoms with van der Waals surface area (Å²) in [5.41, 5.74) is 3.79. The van der Waals surface area contributed by atoms with Crippen LogP contribution in [0.15, 0.2) is 30.5 Å². The fraction of sp³-hybridized carbons (Fsp3) is 0.200. The third kappa shape index (κ3) is 2.82. The minimum absolute atomic E-state index is 0.606. The number of pyridine rings is 1. The fourth-order valence-corrected chi connectivity index (χ4v) is 2.75. The molecule has 0 aliphatic carbocycles. The molecule has 1 aromatic carbocycles. The quantitative estimate of drug-likeness (QED) is 0.786. The Labute approximate surface area is 132 Å². The Hall–Kier alpha value is -1.78. The van der Waals surface area contributed by atoms with E-state index in [2.05, 4.69) is 21.5 Å². The number of halogens is 2. The summed E-state index contributed by atoms with van der Waals surface area (Å²) in [6, 6.07) is 7.49. The molecule has 108 valence electrons. The summed E-state index contributed by atoms with van der Waals surface area (Å²) in [6.45, 7) is 2.62. The van der Waals surface area contributed by atoms with Crippen molar-refractivity contribution in [2.75, 3.05) is 5.32 Å². The lowest BCUT2D eigenvalue weighted by molar-refractivity contribution is 0.773. The van der Waals surface area contributed by atoms with Crippen LogP contribution in [-0.2, 0) is 13.6 Å². The van der Waals surface area contributed by atoms with E-state index in [9.17, 15) is 0 Å². The lowest BCUT2D eigenvalue weighted by Crippen LogP contribution is -2.01. The van der Waals surface area contributed by atoms with Crippen LogP contribution in [0.5, 0.6) is 0 Å². The van der Waals surface area contributed by atoms with Crippen molar-refractivity contribution in [3.05, 3.63) is 51.8 Å². The molecule has 2 heterocycles. The first-order valence-electron chi connectivity index (χ1n) is 6.52. The molecule has 0 aliphatic heterocycles. The largest absolute Gasteiger partial charge is 0.380 e. The van der Waals surface area contributed by atoms with E-state index in [-0.39, 0.29) is 0 Å². The predicted molar refractivity (Wildman–Crippen MR) is 87.0 cm³/mol. The monoisotopic (exact) mass is 320 g/mol. The molecule has 0 bridgehead atoms. The molecular weight excluding hydrogens is 307 g/mol. The Kier molecular flexibility index (Phi) is 3.74. The van der Waals surface area contributed by atoms with Crippen LogP contribution in [0.2, 0.25) is 10.0 Å². The molecule has 0 saturated carbocycles. The number of fused-ring (bicyclic) bond motifs is 1. The van der Waals surface area contributed by atoms with Crippen molar-refractivity contribution in [3.63, 3.8) is 0 Å². The van der Waals surface area contributed by atoms with Crippen LogP contribution in [0.4, 0.5) is 5.69 Å². The molecule has 6 heteroatoms. The summed E-state index contributed by atoms with van der Waals surface area (Å²) >= 11 is 12.0. The highest BCUT2D eigenvalue weighted by Crippen LogP contribution is 2.26. The lowest BCUT2D eigenvalue weighted by Gasteiger charge is -2.08. The van der Waals surface area contributed by atoms with Gasteiger partial charge in [0, 0.05) is 30.2 Å². The van der Waals surface area contributed by atoms with Gasteiger partial charge in [0.2, 0.25) is 0 Å². The molecule has 2 aromatic heterocycles. The Morgan fingerprint density at radius 3 is 2.81 bits per heavy atom. The number of nitrogens with one attached hydrogen (secondary N) is 1. The van der Waals surface area contributed by atoms with Gasteiger partial charge in [0.15, 0.2) is 5.65 Å². The molecule has 21 heavy (non-hydrogen) atoms. The number of anilines is 1. The maximum absolute atomic E-state index is 6.14. The second-order valence-corrected chi connectivity index (χ2v) is 5.75. The molecule has 0 amide bonds. The van der Waals surface area contributed by atoms with Gasteiger partial charge in [-0.25, -0.2) is 4.98 Å². The maximum Gasteiger partial charge on any atom is 0.157 e. The molecule has 3 rings (SSSR count). The number of aromatic nitrogens is 3. The van der Waals surface area contributed by atoms with Gasteiger partial charge in [-0.3, -0.25) is 4.68 Å².